The van der Waals surface area contributed by atoms with Crippen molar-refractivity contribution in [3.8, 4) is 0 Å². The summed E-state index contributed by atoms with van der Waals surface area (Å²) in [5, 5.41) is 4.81. The highest BCUT2D eigenvalue weighted by molar-refractivity contribution is 6.30. The highest BCUT2D eigenvalue weighted by Gasteiger charge is 2.45. The van der Waals surface area contributed by atoms with Crippen LogP contribution in [0.2, 0.25) is 5.02 Å². The minimum atomic E-state index is -0.457. The van der Waals surface area contributed by atoms with E-state index in [0.29, 0.717) is 5.02 Å². The molecule has 3 nitrogen and oxygen atoms in total. The molecule has 0 atom stereocenters. The second-order valence-electron chi connectivity index (χ2n) is 6.28. The molecule has 1 heterocycles. The summed E-state index contributed by atoms with van der Waals surface area (Å²) < 4.78 is 0. The van der Waals surface area contributed by atoms with Gasteiger partial charge in [0.1, 0.15) is 0 Å². The Bertz CT molecular complexity index is 896. The van der Waals surface area contributed by atoms with Gasteiger partial charge in [-0.05, 0) is 42.7 Å². The fraction of sp³-hybridized carbons (Fsp3) is 0.200. The Morgan fingerprint density at radius 2 is 1.79 bits per heavy atom. The molecule has 0 unspecified atom stereocenters. The van der Waals surface area contributed by atoms with E-state index in [4.69, 9.17) is 11.6 Å². The molecule has 4 rings (SSSR count). The van der Waals surface area contributed by atoms with Crippen LogP contribution in [-0.2, 0) is 10.2 Å². The van der Waals surface area contributed by atoms with Gasteiger partial charge in [0.25, 0.3) is 0 Å². The smallest absolute Gasteiger partial charge is 0.235 e. The zero-order chi connectivity index (χ0) is 16.6. The molecule has 1 amide bonds. The SMILES string of the molecule is O=C(Nc1cccc2cccnc12)C1(c2ccc(Cl)cc2)CCC1. The molecule has 1 fully saturated rings. The minimum Gasteiger partial charge on any atom is -0.323 e. The fourth-order valence-corrected chi connectivity index (χ4v) is 3.52. The Labute approximate surface area is 145 Å². The zero-order valence-corrected chi connectivity index (χ0v) is 13.9. The number of nitrogens with one attached hydrogen (secondary N) is 1. The number of benzene rings is 2. The number of pyridine rings is 1. The van der Waals surface area contributed by atoms with Gasteiger partial charge in [-0.3, -0.25) is 9.78 Å². The molecular formula is C20H17ClN2O. The summed E-state index contributed by atoms with van der Waals surface area (Å²) in [5.41, 5.74) is 2.16. The van der Waals surface area contributed by atoms with Gasteiger partial charge in [0.05, 0.1) is 16.6 Å². The Balaban J connectivity index is 1.68. The average molecular weight is 337 g/mol. The van der Waals surface area contributed by atoms with Crippen molar-refractivity contribution < 1.29 is 4.79 Å². The Kier molecular flexibility index (Phi) is 3.73. The molecule has 0 radical (unpaired) electrons. The van der Waals surface area contributed by atoms with E-state index in [2.05, 4.69) is 10.3 Å². The molecule has 0 aliphatic heterocycles. The molecule has 0 saturated heterocycles. The first-order valence-corrected chi connectivity index (χ1v) is 8.48. The number of nitrogens with zero attached hydrogens (tertiary/aromatic N) is 1. The number of para-hydroxylation sites is 1. The standard InChI is InChI=1S/C20H17ClN2O/c21-16-9-7-15(8-10-16)20(11-3-12-20)19(24)23-17-6-1-4-14-5-2-13-22-18(14)17/h1-2,4-10,13H,3,11-12H2,(H,23,24). The van der Waals surface area contributed by atoms with E-state index in [1.54, 1.807) is 6.20 Å². The Hall–Kier alpha value is -2.39. The van der Waals surface area contributed by atoms with Crippen LogP contribution in [0.25, 0.3) is 10.9 Å². The van der Waals surface area contributed by atoms with E-state index in [-0.39, 0.29) is 5.91 Å². The molecule has 1 aromatic heterocycles. The van der Waals surface area contributed by atoms with Gasteiger partial charge in [-0.15, -0.1) is 0 Å². The van der Waals surface area contributed by atoms with Crippen molar-refractivity contribution in [3.05, 3.63) is 71.4 Å². The molecule has 1 N–H and O–H groups in total. The minimum absolute atomic E-state index is 0.0363. The van der Waals surface area contributed by atoms with Crippen LogP contribution in [0.4, 0.5) is 5.69 Å². The van der Waals surface area contributed by atoms with Gasteiger partial charge in [-0.25, -0.2) is 0 Å². The van der Waals surface area contributed by atoms with Crippen LogP contribution in [0.5, 0.6) is 0 Å². The van der Waals surface area contributed by atoms with Gasteiger partial charge in [0.15, 0.2) is 0 Å². The molecule has 120 valence electrons. The van der Waals surface area contributed by atoms with E-state index in [1.807, 2.05) is 54.6 Å². The van der Waals surface area contributed by atoms with Crippen LogP contribution in [0.15, 0.2) is 60.8 Å². The number of carbonyl (C=O) groups is 1. The maximum atomic E-state index is 13.1. The summed E-state index contributed by atoms with van der Waals surface area (Å²) in [5.74, 6) is 0.0363. The van der Waals surface area contributed by atoms with Gasteiger partial charge >= 0.3 is 0 Å². The summed E-state index contributed by atoms with van der Waals surface area (Å²) >= 11 is 5.99. The fourth-order valence-electron chi connectivity index (χ4n) is 3.39. The first-order chi connectivity index (χ1) is 11.7. The quantitative estimate of drug-likeness (QED) is 0.735. The van der Waals surface area contributed by atoms with E-state index >= 15 is 0 Å². The van der Waals surface area contributed by atoms with Crippen molar-refractivity contribution >= 4 is 34.1 Å². The van der Waals surface area contributed by atoms with Crippen molar-refractivity contribution in [1.29, 1.82) is 0 Å². The predicted molar refractivity (Wildman–Crippen MR) is 97.4 cm³/mol. The molecule has 3 aromatic rings. The maximum absolute atomic E-state index is 13.1. The van der Waals surface area contributed by atoms with Crippen LogP contribution in [-0.4, -0.2) is 10.9 Å². The first kappa shape index (κ1) is 15.2. The summed E-state index contributed by atoms with van der Waals surface area (Å²) in [6.45, 7) is 0. The van der Waals surface area contributed by atoms with Gasteiger partial charge < -0.3 is 5.32 Å². The Morgan fingerprint density at radius 1 is 1.04 bits per heavy atom. The summed E-state index contributed by atoms with van der Waals surface area (Å²) in [4.78, 5) is 17.5. The number of amides is 1. The lowest BCUT2D eigenvalue weighted by Crippen LogP contribution is -2.46. The molecule has 0 bridgehead atoms. The van der Waals surface area contributed by atoms with E-state index in [1.165, 1.54) is 0 Å². The number of halogens is 1. The number of hydrogen-bond donors (Lipinski definition) is 1. The number of carbonyl (C=O) groups excluding carboxylic acids is 1. The summed E-state index contributed by atoms with van der Waals surface area (Å²) in [7, 11) is 0. The third-order valence-corrected chi connectivity index (χ3v) is 5.17. The van der Waals surface area contributed by atoms with E-state index < -0.39 is 5.41 Å². The van der Waals surface area contributed by atoms with E-state index in [9.17, 15) is 4.79 Å². The monoisotopic (exact) mass is 336 g/mol. The molecule has 1 aliphatic rings. The van der Waals surface area contributed by atoms with Crippen LogP contribution >= 0.6 is 11.6 Å². The topological polar surface area (TPSA) is 42.0 Å². The predicted octanol–water partition coefficient (Wildman–Crippen LogP) is 4.95. The van der Waals surface area contributed by atoms with Crippen LogP contribution in [0.1, 0.15) is 24.8 Å². The zero-order valence-electron chi connectivity index (χ0n) is 13.1. The highest BCUT2D eigenvalue weighted by atomic mass is 35.5. The molecule has 4 heteroatoms. The van der Waals surface area contributed by atoms with Gasteiger partial charge in [-0.2, -0.15) is 0 Å². The molecule has 0 spiro atoms. The molecule has 2 aromatic carbocycles. The van der Waals surface area contributed by atoms with Crippen molar-refractivity contribution in [3.63, 3.8) is 0 Å². The van der Waals surface area contributed by atoms with Gasteiger partial charge in [0.2, 0.25) is 5.91 Å². The molecule has 24 heavy (non-hydrogen) atoms. The summed E-state index contributed by atoms with van der Waals surface area (Å²) in [6.07, 6.45) is 4.53. The average Bonchev–Trinajstić information content (AvgIpc) is 2.56. The van der Waals surface area contributed by atoms with Crippen LogP contribution in [0, 0.1) is 0 Å². The number of rotatable bonds is 3. The number of hydrogen-bond acceptors (Lipinski definition) is 2. The van der Waals surface area contributed by atoms with Gasteiger partial charge in [-0.1, -0.05) is 48.4 Å². The molecule has 1 aliphatic carbocycles. The highest BCUT2D eigenvalue weighted by Crippen LogP contribution is 2.45. The van der Waals surface area contributed by atoms with Crippen molar-refractivity contribution in [2.45, 2.75) is 24.7 Å². The summed E-state index contributed by atoms with van der Waals surface area (Å²) in [6, 6.07) is 17.4. The molecule has 1 saturated carbocycles. The van der Waals surface area contributed by atoms with Crippen LogP contribution in [0.3, 0.4) is 0 Å². The second-order valence-corrected chi connectivity index (χ2v) is 6.71. The van der Waals surface area contributed by atoms with Crippen molar-refractivity contribution in [2.24, 2.45) is 0 Å². The van der Waals surface area contributed by atoms with Crippen LogP contribution < -0.4 is 5.32 Å². The lowest BCUT2D eigenvalue weighted by Gasteiger charge is -2.40. The van der Waals surface area contributed by atoms with Gasteiger partial charge in [0, 0.05) is 16.6 Å². The largest absolute Gasteiger partial charge is 0.323 e. The normalized spacial score (nSPS) is 15.7. The number of aromatic nitrogens is 1. The van der Waals surface area contributed by atoms with Crippen molar-refractivity contribution in [1.82, 2.24) is 4.98 Å². The first-order valence-electron chi connectivity index (χ1n) is 8.10. The van der Waals surface area contributed by atoms with E-state index in [0.717, 1.165) is 41.4 Å². The number of fused-ring (bicyclic) bond motifs is 1. The lowest BCUT2D eigenvalue weighted by atomic mass is 9.64. The third kappa shape index (κ3) is 2.45. The second kappa shape index (κ2) is 5.91. The van der Waals surface area contributed by atoms with Crippen molar-refractivity contribution in [2.75, 3.05) is 5.32 Å². The lowest BCUT2D eigenvalue weighted by molar-refractivity contribution is -0.124. The maximum Gasteiger partial charge on any atom is 0.235 e. The Morgan fingerprint density at radius 3 is 2.50 bits per heavy atom. The third-order valence-electron chi connectivity index (χ3n) is 4.92. The number of anilines is 1. The molecular weight excluding hydrogens is 320 g/mol.